The normalized spacial score (nSPS) is 10.7. The van der Waals surface area contributed by atoms with E-state index in [0.717, 1.165) is 16.9 Å². The summed E-state index contributed by atoms with van der Waals surface area (Å²) in [6, 6.07) is 21.3. The smallest absolute Gasteiger partial charge is 0.234 e. The van der Waals surface area contributed by atoms with E-state index in [1.54, 1.807) is 12.4 Å². The molecule has 0 aliphatic carbocycles. The Morgan fingerprint density at radius 1 is 1.00 bits per heavy atom. The first kappa shape index (κ1) is 18.9. The standard InChI is InChI=1S/C22H19N5OS/c1-16-9-11-19(12-10-16)27-21(17-6-5-13-23-14-17)25-26-22(27)29-15-20(28)24-18-7-3-2-4-8-18/h2-14H,15H2,1H3,(H,24,28). The minimum absolute atomic E-state index is 0.0948. The van der Waals surface area contributed by atoms with Gasteiger partial charge in [-0.3, -0.25) is 14.3 Å². The molecule has 0 atom stereocenters. The molecule has 4 aromatic rings. The van der Waals surface area contributed by atoms with Crippen molar-refractivity contribution in [3.63, 3.8) is 0 Å². The molecule has 0 unspecified atom stereocenters. The molecule has 1 amide bonds. The fraction of sp³-hybridized carbons (Fsp3) is 0.0909. The van der Waals surface area contributed by atoms with Crippen molar-refractivity contribution in [2.24, 2.45) is 0 Å². The first-order valence-electron chi connectivity index (χ1n) is 9.11. The number of nitrogens with zero attached hydrogens (tertiary/aromatic N) is 4. The van der Waals surface area contributed by atoms with E-state index in [1.165, 1.54) is 17.3 Å². The summed E-state index contributed by atoms with van der Waals surface area (Å²) in [6.07, 6.45) is 3.48. The Labute approximate surface area is 173 Å². The number of nitrogens with one attached hydrogen (secondary N) is 1. The number of thioether (sulfide) groups is 1. The number of hydrogen-bond donors (Lipinski definition) is 1. The molecule has 2 aromatic heterocycles. The number of amides is 1. The molecule has 144 valence electrons. The number of aromatic nitrogens is 4. The number of para-hydroxylation sites is 1. The Hall–Kier alpha value is -3.45. The van der Waals surface area contributed by atoms with E-state index in [0.29, 0.717) is 11.0 Å². The molecule has 6 nitrogen and oxygen atoms in total. The monoisotopic (exact) mass is 401 g/mol. The van der Waals surface area contributed by atoms with E-state index in [1.807, 2.05) is 78.2 Å². The van der Waals surface area contributed by atoms with Crippen LogP contribution in [-0.2, 0) is 4.79 Å². The number of anilines is 1. The van der Waals surface area contributed by atoms with Gasteiger partial charge in [0.25, 0.3) is 0 Å². The third kappa shape index (κ3) is 4.52. The average molecular weight is 401 g/mol. The molecule has 2 aromatic carbocycles. The van der Waals surface area contributed by atoms with Gasteiger partial charge in [-0.1, -0.05) is 47.7 Å². The SMILES string of the molecule is Cc1ccc(-n2c(SCC(=O)Nc3ccccc3)nnc2-c2cccnc2)cc1. The summed E-state index contributed by atoms with van der Waals surface area (Å²) in [4.78, 5) is 16.5. The van der Waals surface area contributed by atoms with Crippen LogP contribution in [0.1, 0.15) is 5.56 Å². The van der Waals surface area contributed by atoms with Crippen LogP contribution < -0.4 is 5.32 Å². The lowest BCUT2D eigenvalue weighted by molar-refractivity contribution is -0.113. The summed E-state index contributed by atoms with van der Waals surface area (Å²) in [7, 11) is 0. The first-order valence-corrected chi connectivity index (χ1v) is 10.1. The maximum atomic E-state index is 12.4. The van der Waals surface area contributed by atoms with Gasteiger partial charge < -0.3 is 5.32 Å². The van der Waals surface area contributed by atoms with Crippen molar-refractivity contribution in [2.45, 2.75) is 12.1 Å². The minimum atomic E-state index is -0.0948. The van der Waals surface area contributed by atoms with Crippen LogP contribution in [0.3, 0.4) is 0 Å². The highest BCUT2D eigenvalue weighted by molar-refractivity contribution is 7.99. The van der Waals surface area contributed by atoms with Crippen LogP contribution in [0.25, 0.3) is 17.1 Å². The predicted molar refractivity (Wildman–Crippen MR) is 115 cm³/mol. The summed E-state index contributed by atoms with van der Waals surface area (Å²) in [5.41, 5.74) is 3.74. The van der Waals surface area contributed by atoms with Gasteiger partial charge in [0.15, 0.2) is 11.0 Å². The second kappa shape index (κ2) is 8.70. The summed E-state index contributed by atoms with van der Waals surface area (Å²) in [5.74, 6) is 0.821. The van der Waals surface area contributed by atoms with Crippen LogP contribution in [0.4, 0.5) is 5.69 Å². The third-order valence-corrected chi connectivity index (χ3v) is 5.16. The van der Waals surface area contributed by atoms with Gasteiger partial charge in [0, 0.05) is 29.3 Å². The number of pyridine rings is 1. The number of carbonyl (C=O) groups excluding carboxylic acids is 1. The van der Waals surface area contributed by atoms with Gasteiger partial charge in [-0.15, -0.1) is 10.2 Å². The van der Waals surface area contributed by atoms with Crippen LogP contribution in [-0.4, -0.2) is 31.4 Å². The summed E-state index contributed by atoms with van der Waals surface area (Å²) in [5, 5.41) is 12.2. The Morgan fingerprint density at radius 3 is 2.52 bits per heavy atom. The van der Waals surface area contributed by atoms with Crippen LogP contribution in [0.2, 0.25) is 0 Å². The molecule has 0 spiro atoms. The number of rotatable bonds is 6. The van der Waals surface area contributed by atoms with Crippen molar-refractivity contribution >= 4 is 23.4 Å². The van der Waals surface area contributed by atoms with Crippen LogP contribution in [0.15, 0.2) is 84.3 Å². The second-order valence-corrected chi connectivity index (χ2v) is 7.36. The Kier molecular flexibility index (Phi) is 5.67. The van der Waals surface area contributed by atoms with Gasteiger partial charge in [0.2, 0.25) is 5.91 Å². The largest absolute Gasteiger partial charge is 0.325 e. The predicted octanol–water partition coefficient (Wildman–Crippen LogP) is 4.37. The van der Waals surface area contributed by atoms with E-state index in [-0.39, 0.29) is 11.7 Å². The summed E-state index contributed by atoms with van der Waals surface area (Å²) in [6.45, 7) is 2.04. The molecule has 1 N–H and O–H groups in total. The fourth-order valence-corrected chi connectivity index (χ4v) is 3.57. The van der Waals surface area contributed by atoms with Crippen molar-refractivity contribution in [1.29, 1.82) is 0 Å². The maximum absolute atomic E-state index is 12.4. The van der Waals surface area contributed by atoms with Gasteiger partial charge in [0.05, 0.1) is 5.75 Å². The fourth-order valence-electron chi connectivity index (χ4n) is 2.82. The quantitative estimate of drug-likeness (QED) is 0.486. The molecule has 0 radical (unpaired) electrons. The number of hydrogen-bond acceptors (Lipinski definition) is 5. The van der Waals surface area contributed by atoms with Gasteiger partial charge in [-0.25, -0.2) is 0 Å². The number of carbonyl (C=O) groups is 1. The lowest BCUT2D eigenvalue weighted by Gasteiger charge is -2.11. The highest BCUT2D eigenvalue weighted by Crippen LogP contribution is 2.27. The zero-order valence-corrected chi connectivity index (χ0v) is 16.6. The molecule has 2 heterocycles. The summed E-state index contributed by atoms with van der Waals surface area (Å²) >= 11 is 1.35. The third-order valence-electron chi connectivity index (χ3n) is 4.24. The molecule has 0 fully saturated rings. The molecular formula is C22H19N5OS. The van der Waals surface area contributed by atoms with Crippen molar-refractivity contribution < 1.29 is 4.79 Å². The van der Waals surface area contributed by atoms with E-state index < -0.39 is 0 Å². The number of benzene rings is 2. The van der Waals surface area contributed by atoms with Crippen LogP contribution in [0, 0.1) is 6.92 Å². The zero-order chi connectivity index (χ0) is 20.1. The van der Waals surface area contributed by atoms with Crippen LogP contribution in [0.5, 0.6) is 0 Å². The molecule has 0 saturated heterocycles. The Balaban J connectivity index is 1.60. The second-order valence-electron chi connectivity index (χ2n) is 6.42. The van der Waals surface area contributed by atoms with Crippen LogP contribution >= 0.6 is 11.8 Å². The molecule has 0 aliphatic rings. The van der Waals surface area contributed by atoms with Gasteiger partial charge >= 0.3 is 0 Å². The molecule has 7 heteroatoms. The molecule has 0 bridgehead atoms. The highest BCUT2D eigenvalue weighted by atomic mass is 32.2. The van der Waals surface area contributed by atoms with Crippen molar-refractivity contribution in [3.8, 4) is 17.1 Å². The lowest BCUT2D eigenvalue weighted by atomic mass is 10.2. The zero-order valence-electron chi connectivity index (χ0n) is 15.8. The minimum Gasteiger partial charge on any atom is -0.325 e. The first-order chi connectivity index (χ1) is 14.2. The van der Waals surface area contributed by atoms with Crippen molar-refractivity contribution in [1.82, 2.24) is 19.7 Å². The topological polar surface area (TPSA) is 72.7 Å². The Bertz CT molecular complexity index is 1100. The van der Waals surface area contributed by atoms with E-state index >= 15 is 0 Å². The molecule has 0 saturated carbocycles. The van der Waals surface area contributed by atoms with E-state index in [4.69, 9.17) is 0 Å². The van der Waals surface area contributed by atoms with E-state index in [9.17, 15) is 4.79 Å². The molecular weight excluding hydrogens is 382 g/mol. The Morgan fingerprint density at radius 2 is 1.79 bits per heavy atom. The van der Waals surface area contributed by atoms with E-state index in [2.05, 4.69) is 20.5 Å². The van der Waals surface area contributed by atoms with Gasteiger partial charge in [-0.2, -0.15) is 0 Å². The highest BCUT2D eigenvalue weighted by Gasteiger charge is 2.17. The molecule has 4 rings (SSSR count). The van der Waals surface area contributed by atoms with Crippen molar-refractivity contribution in [3.05, 3.63) is 84.7 Å². The number of aryl methyl sites for hydroxylation is 1. The maximum Gasteiger partial charge on any atom is 0.234 e. The lowest BCUT2D eigenvalue weighted by Crippen LogP contribution is -2.14. The van der Waals surface area contributed by atoms with Gasteiger partial charge in [-0.05, 0) is 43.3 Å². The molecule has 29 heavy (non-hydrogen) atoms. The van der Waals surface area contributed by atoms with Gasteiger partial charge in [0.1, 0.15) is 0 Å². The average Bonchev–Trinajstić information content (AvgIpc) is 3.18. The summed E-state index contributed by atoms with van der Waals surface area (Å²) < 4.78 is 1.96. The molecule has 0 aliphatic heterocycles. The van der Waals surface area contributed by atoms with Crippen molar-refractivity contribution in [2.75, 3.05) is 11.1 Å².